The molecule has 33 heavy (non-hydrogen) atoms. The Bertz CT molecular complexity index is 1090. The van der Waals surface area contributed by atoms with E-state index in [9.17, 15) is 4.79 Å². The number of halogens is 2. The van der Waals surface area contributed by atoms with Crippen LogP contribution in [0, 0.1) is 5.92 Å². The highest BCUT2D eigenvalue weighted by molar-refractivity contribution is 9.10. The van der Waals surface area contributed by atoms with Gasteiger partial charge in [0, 0.05) is 27.8 Å². The Kier molecular flexibility index (Phi) is 6.76. The van der Waals surface area contributed by atoms with Crippen molar-refractivity contribution in [1.82, 2.24) is 20.2 Å². The van der Waals surface area contributed by atoms with E-state index in [1.807, 2.05) is 30.5 Å². The van der Waals surface area contributed by atoms with Gasteiger partial charge in [-0.2, -0.15) is 0 Å². The van der Waals surface area contributed by atoms with Crippen molar-refractivity contribution in [3.8, 4) is 0 Å². The summed E-state index contributed by atoms with van der Waals surface area (Å²) in [5.41, 5.74) is 5.85. The van der Waals surface area contributed by atoms with Gasteiger partial charge < -0.3 is 5.32 Å². The monoisotopic (exact) mass is 524 g/mol. The second-order valence-electron chi connectivity index (χ2n) is 8.79. The van der Waals surface area contributed by atoms with E-state index in [0.717, 1.165) is 59.7 Å². The molecule has 1 aliphatic carbocycles. The number of likely N-dealkylation sites (tertiary alicyclic amines) is 1. The van der Waals surface area contributed by atoms with Crippen molar-refractivity contribution in [3.05, 3.63) is 92.4 Å². The third kappa shape index (κ3) is 4.98. The first-order valence-electron chi connectivity index (χ1n) is 11.4. The molecule has 7 heteroatoms. The number of fused-ring (bicyclic) bond motifs is 2. The zero-order valence-electron chi connectivity index (χ0n) is 18.3. The summed E-state index contributed by atoms with van der Waals surface area (Å²) in [5.74, 6) is 0.147. The van der Waals surface area contributed by atoms with E-state index in [-0.39, 0.29) is 17.9 Å². The molecule has 5 rings (SSSR count). The van der Waals surface area contributed by atoms with Crippen molar-refractivity contribution in [1.29, 1.82) is 0 Å². The third-order valence-electron chi connectivity index (χ3n) is 6.73. The molecule has 1 aliphatic heterocycles. The van der Waals surface area contributed by atoms with E-state index in [1.165, 1.54) is 16.7 Å². The van der Waals surface area contributed by atoms with Gasteiger partial charge in [0.2, 0.25) is 5.91 Å². The molecule has 2 aromatic heterocycles. The molecule has 0 saturated carbocycles. The summed E-state index contributed by atoms with van der Waals surface area (Å²) in [6, 6.07) is 14.3. The predicted octanol–water partition coefficient (Wildman–Crippen LogP) is 5.11. The molecule has 0 radical (unpaired) electrons. The van der Waals surface area contributed by atoms with Crippen LogP contribution in [0.15, 0.2) is 59.3 Å². The number of carbonyl (C=O) groups excluding carboxylic acids is 1. The molecule has 1 amide bonds. The van der Waals surface area contributed by atoms with Crippen molar-refractivity contribution in [2.24, 2.45) is 5.92 Å². The summed E-state index contributed by atoms with van der Waals surface area (Å²) in [6.07, 6.45) is 7.20. The normalized spacial score (nSPS) is 18.8. The van der Waals surface area contributed by atoms with Crippen LogP contribution in [-0.2, 0) is 24.2 Å². The molecule has 2 aliphatic rings. The fourth-order valence-electron chi connectivity index (χ4n) is 5.03. The Balaban J connectivity index is 1.33. The number of pyridine rings is 2. The van der Waals surface area contributed by atoms with Crippen LogP contribution >= 0.6 is 27.5 Å². The topological polar surface area (TPSA) is 58.1 Å². The van der Waals surface area contributed by atoms with E-state index in [1.54, 1.807) is 6.20 Å². The number of amides is 1. The van der Waals surface area contributed by atoms with Gasteiger partial charge in [0.15, 0.2) is 0 Å². The zero-order chi connectivity index (χ0) is 22.8. The van der Waals surface area contributed by atoms with E-state index in [2.05, 4.69) is 49.3 Å². The molecule has 1 aromatic carbocycles. The van der Waals surface area contributed by atoms with Crippen LogP contribution in [0.3, 0.4) is 0 Å². The molecular formula is C26H26BrClN4O. The van der Waals surface area contributed by atoms with Crippen LogP contribution in [0.2, 0.25) is 5.02 Å². The van der Waals surface area contributed by atoms with Gasteiger partial charge in [-0.1, -0.05) is 23.7 Å². The Hall–Kier alpha value is -2.28. The largest absolute Gasteiger partial charge is 0.350 e. The maximum atomic E-state index is 12.8. The number of benzene rings is 1. The van der Waals surface area contributed by atoms with Gasteiger partial charge in [0.05, 0.1) is 24.0 Å². The molecule has 170 valence electrons. The Morgan fingerprint density at radius 3 is 2.70 bits per heavy atom. The lowest BCUT2D eigenvalue weighted by atomic mass is 9.91. The number of hydrogen-bond donors (Lipinski definition) is 1. The smallest absolute Gasteiger partial charge is 0.223 e. The lowest BCUT2D eigenvalue weighted by molar-refractivity contribution is -0.126. The minimum Gasteiger partial charge on any atom is -0.350 e. The summed E-state index contributed by atoms with van der Waals surface area (Å²) in [4.78, 5) is 24.4. The second kappa shape index (κ2) is 9.92. The Morgan fingerprint density at radius 2 is 1.91 bits per heavy atom. The molecule has 1 unspecified atom stereocenters. The van der Waals surface area contributed by atoms with Crippen molar-refractivity contribution in [2.75, 3.05) is 13.1 Å². The molecule has 1 saturated heterocycles. The highest BCUT2D eigenvalue weighted by Gasteiger charge is 2.34. The number of nitrogens with zero attached hydrogens (tertiary/aromatic N) is 3. The highest BCUT2D eigenvalue weighted by atomic mass is 79.9. The molecule has 0 spiro atoms. The van der Waals surface area contributed by atoms with Crippen LogP contribution < -0.4 is 5.32 Å². The summed E-state index contributed by atoms with van der Waals surface area (Å²) in [5, 5.41) is 3.84. The maximum Gasteiger partial charge on any atom is 0.223 e. The van der Waals surface area contributed by atoms with Crippen LogP contribution in [-0.4, -0.2) is 33.9 Å². The van der Waals surface area contributed by atoms with Gasteiger partial charge >= 0.3 is 0 Å². The summed E-state index contributed by atoms with van der Waals surface area (Å²) < 4.78 is 1.01. The van der Waals surface area contributed by atoms with Crippen LogP contribution in [0.4, 0.5) is 0 Å². The predicted molar refractivity (Wildman–Crippen MR) is 133 cm³/mol. The number of carbonyl (C=O) groups is 1. The van der Waals surface area contributed by atoms with Gasteiger partial charge in [-0.3, -0.25) is 19.7 Å². The van der Waals surface area contributed by atoms with E-state index in [0.29, 0.717) is 6.54 Å². The molecule has 3 heterocycles. The van der Waals surface area contributed by atoms with Gasteiger partial charge in [-0.25, -0.2) is 0 Å². The van der Waals surface area contributed by atoms with Crippen LogP contribution in [0.25, 0.3) is 0 Å². The Morgan fingerprint density at radius 1 is 1.09 bits per heavy atom. The minimum absolute atomic E-state index is 0.0257. The van der Waals surface area contributed by atoms with Crippen molar-refractivity contribution in [2.45, 2.75) is 38.3 Å². The number of piperidine rings is 1. The number of hydrogen-bond acceptors (Lipinski definition) is 4. The van der Waals surface area contributed by atoms with Crippen LogP contribution in [0.5, 0.6) is 0 Å². The van der Waals surface area contributed by atoms with Gasteiger partial charge in [-0.15, -0.1) is 0 Å². The lowest BCUT2D eigenvalue weighted by Gasteiger charge is -2.37. The molecule has 3 aromatic rings. The standard InChI is InChI=1S/C26H26BrClN4O/c27-20-13-19-5-4-18-14-21(28)6-7-23(18)25(24(19)30-15-20)32-11-8-17(9-12-32)26(33)31-16-22-3-1-2-10-29-22/h1-3,6-7,10,13-15,17,25H,4-5,8-9,11-12,16H2,(H,31,33). The van der Waals surface area contributed by atoms with Gasteiger partial charge in [-0.05, 0) is 102 Å². The molecule has 1 fully saturated rings. The molecule has 1 atom stereocenters. The average Bonchev–Trinajstić information content (AvgIpc) is 2.99. The molecule has 5 nitrogen and oxygen atoms in total. The molecule has 1 N–H and O–H groups in total. The molecular weight excluding hydrogens is 500 g/mol. The first kappa shape index (κ1) is 22.5. The highest BCUT2D eigenvalue weighted by Crippen LogP contribution is 2.39. The van der Waals surface area contributed by atoms with E-state index >= 15 is 0 Å². The fourth-order valence-corrected chi connectivity index (χ4v) is 5.60. The van der Waals surface area contributed by atoms with Crippen molar-refractivity contribution in [3.63, 3.8) is 0 Å². The third-order valence-corrected chi connectivity index (χ3v) is 7.39. The van der Waals surface area contributed by atoms with E-state index in [4.69, 9.17) is 16.6 Å². The number of aromatic nitrogens is 2. The minimum atomic E-state index is 0.0257. The maximum absolute atomic E-state index is 12.8. The SMILES string of the molecule is O=C(NCc1ccccn1)C1CCN(C2c3ccc(Cl)cc3CCc3cc(Br)cnc32)CC1. The molecule has 0 bridgehead atoms. The zero-order valence-corrected chi connectivity index (χ0v) is 20.6. The number of nitrogens with one attached hydrogen (secondary N) is 1. The summed E-state index contributed by atoms with van der Waals surface area (Å²) >= 11 is 9.93. The fraction of sp³-hybridized carbons (Fsp3) is 0.346. The quantitative estimate of drug-likeness (QED) is 0.514. The van der Waals surface area contributed by atoms with Gasteiger partial charge in [0.25, 0.3) is 0 Å². The first-order chi connectivity index (χ1) is 16.1. The lowest BCUT2D eigenvalue weighted by Crippen LogP contribution is -2.42. The number of aryl methyl sites for hydroxylation is 2. The van der Waals surface area contributed by atoms with Crippen molar-refractivity contribution >= 4 is 33.4 Å². The summed E-state index contributed by atoms with van der Waals surface area (Å²) in [6.45, 7) is 2.18. The van der Waals surface area contributed by atoms with Crippen molar-refractivity contribution < 1.29 is 4.79 Å². The van der Waals surface area contributed by atoms with Crippen LogP contribution in [0.1, 0.15) is 47.0 Å². The average molecular weight is 526 g/mol. The number of rotatable bonds is 4. The first-order valence-corrected chi connectivity index (χ1v) is 12.6. The van der Waals surface area contributed by atoms with Gasteiger partial charge in [0.1, 0.15) is 0 Å². The Labute approximate surface area is 207 Å². The summed E-state index contributed by atoms with van der Waals surface area (Å²) in [7, 11) is 0. The van der Waals surface area contributed by atoms with E-state index < -0.39 is 0 Å². The second-order valence-corrected chi connectivity index (χ2v) is 10.1.